The van der Waals surface area contributed by atoms with E-state index >= 15 is 0 Å². The minimum atomic E-state index is -0.218. The van der Waals surface area contributed by atoms with E-state index in [-0.39, 0.29) is 5.91 Å². The maximum atomic E-state index is 12.2. The van der Waals surface area contributed by atoms with Gasteiger partial charge in [0, 0.05) is 13.2 Å². The number of nitrogen functional groups attached to an aromatic ring is 1. The molecule has 0 atom stereocenters. The first-order chi connectivity index (χ1) is 9.01. The molecule has 0 unspecified atom stereocenters. The van der Waals surface area contributed by atoms with Gasteiger partial charge in [0.1, 0.15) is 0 Å². The number of benzene rings is 1. The van der Waals surface area contributed by atoms with Crippen LogP contribution in [0.3, 0.4) is 0 Å². The molecule has 1 aromatic carbocycles. The SMILES string of the molecule is Cc1ccc(C(=O)Nc2cn(C)nc2C)c(NN)c1. The van der Waals surface area contributed by atoms with Crippen LogP contribution in [-0.4, -0.2) is 15.7 Å². The Balaban J connectivity index is 2.27. The molecule has 0 fully saturated rings. The highest BCUT2D eigenvalue weighted by Gasteiger charge is 2.13. The van der Waals surface area contributed by atoms with E-state index in [9.17, 15) is 4.79 Å². The summed E-state index contributed by atoms with van der Waals surface area (Å²) in [6.45, 7) is 3.78. The van der Waals surface area contributed by atoms with Crippen LogP contribution in [0.15, 0.2) is 24.4 Å². The first-order valence-electron chi connectivity index (χ1n) is 5.90. The molecule has 0 radical (unpaired) electrons. The van der Waals surface area contributed by atoms with Crippen molar-refractivity contribution in [3.8, 4) is 0 Å². The van der Waals surface area contributed by atoms with Gasteiger partial charge >= 0.3 is 0 Å². The van der Waals surface area contributed by atoms with Crippen molar-refractivity contribution in [2.75, 3.05) is 10.7 Å². The lowest BCUT2D eigenvalue weighted by Crippen LogP contribution is -2.17. The Morgan fingerprint density at radius 3 is 2.63 bits per heavy atom. The fourth-order valence-electron chi connectivity index (χ4n) is 1.89. The molecule has 1 aromatic heterocycles. The molecule has 100 valence electrons. The summed E-state index contributed by atoms with van der Waals surface area (Å²) in [5, 5.41) is 7.00. The Hall–Kier alpha value is -2.34. The topological polar surface area (TPSA) is 85.0 Å². The van der Waals surface area contributed by atoms with Crippen LogP contribution in [0.1, 0.15) is 21.6 Å². The lowest BCUT2D eigenvalue weighted by Gasteiger charge is -2.10. The van der Waals surface area contributed by atoms with Gasteiger partial charge in [0.25, 0.3) is 5.91 Å². The number of nitrogens with two attached hydrogens (primary N) is 1. The molecule has 0 aliphatic carbocycles. The van der Waals surface area contributed by atoms with Crippen molar-refractivity contribution in [1.82, 2.24) is 9.78 Å². The van der Waals surface area contributed by atoms with Gasteiger partial charge in [0.15, 0.2) is 0 Å². The molecule has 4 N–H and O–H groups in total. The van der Waals surface area contributed by atoms with Crippen molar-refractivity contribution >= 4 is 17.3 Å². The highest BCUT2D eigenvalue weighted by atomic mass is 16.1. The third kappa shape index (κ3) is 2.74. The number of hydrazine groups is 1. The van der Waals surface area contributed by atoms with Gasteiger partial charge in [0.05, 0.1) is 22.6 Å². The van der Waals surface area contributed by atoms with Crippen LogP contribution in [0.25, 0.3) is 0 Å². The Bertz CT molecular complexity index is 617. The number of carbonyl (C=O) groups is 1. The van der Waals surface area contributed by atoms with Gasteiger partial charge in [-0.2, -0.15) is 5.10 Å². The standard InChI is InChI=1S/C13H17N5O/c1-8-4-5-10(11(6-8)16-14)13(19)15-12-7-18(3)17-9(12)2/h4-7,16H,14H2,1-3H3,(H,15,19). The maximum absolute atomic E-state index is 12.2. The molecule has 0 bridgehead atoms. The maximum Gasteiger partial charge on any atom is 0.257 e. The van der Waals surface area contributed by atoms with Gasteiger partial charge in [-0.05, 0) is 31.5 Å². The van der Waals surface area contributed by atoms with Crippen LogP contribution < -0.4 is 16.6 Å². The number of hydrogen-bond acceptors (Lipinski definition) is 4. The summed E-state index contributed by atoms with van der Waals surface area (Å²) in [5.74, 6) is 5.22. The number of carbonyl (C=O) groups excluding carboxylic acids is 1. The molecule has 6 heteroatoms. The lowest BCUT2D eigenvalue weighted by molar-refractivity contribution is 0.102. The predicted molar refractivity (Wildman–Crippen MR) is 74.9 cm³/mol. The summed E-state index contributed by atoms with van der Waals surface area (Å²) in [4.78, 5) is 12.2. The van der Waals surface area contributed by atoms with Crippen molar-refractivity contribution in [2.45, 2.75) is 13.8 Å². The number of aryl methyl sites for hydroxylation is 3. The Labute approximate surface area is 111 Å². The Morgan fingerprint density at radius 1 is 1.32 bits per heavy atom. The van der Waals surface area contributed by atoms with Crippen LogP contribution in [0.4, 0.5) is 11.4 Å². The quantitative estimate of drug-likeness (QED) is 0.577. The summed E-state index contributed by atoms with van der Waals surface area (Å²) in [6.07, 6.45) is 1.76. The number of anilines is 2. The van der Waals surface area contributed by atoms with E-state index in [2.05, 4.69) is 15.8 Å². The average molecular weight is 259 g/mol. The van der Waals surface area contributed by atoms with E-state index in [1.54, 1.807) is 24.0 Å². The second kappa shape index (κ2) is 5.11. The molecular weight excluding hydrogens is 242 g/mol. The molecular formula is C13H17N5O. The summed E-state index contributed by atoms with van der Waals surface area (Å²) in [7, 11) is 1.81. The van der Waals surface area contributed by atoms with Crippen molar-refractivity contribution in [3.05, 3.63) is 41.2 Å². The van der Waals surface area contributed by atoms with Crippen molar-refractivity contribution in [2.24, 2.45) is 12.9 Å². The zero-order valence-electron chi connectivity index (χ0n) is 11.2. The fraction of sp³-hybridized carbons (Fsp3) is 0.231. The summed E-state index contributed by atoms with van der Waals surface area (Å²) >= 11 is 0. The van der Waals surface area contributed by atoms with Gasteiger partial charge in [-0.3, -0.25) is 15.3 Å². The van der Waals surface area contributed by atoms with E-state index in [4.69, 9.17) is 5.84 Å². The molecule has 0 saturated heterocycles. The van der Waals surface area contributed by atoms with Crippen LogP contribution in [0, 0.1) is 13.8 Å². The lowest BCUT2D eigenvalue weighted by atomic mass is 10.1. The van der Waals surface area contributed by atoms with Gasteiger partial charge < -0.3 is 10.7 Å². The molecule has 0 aliphatic rings. The normalized spacial score (nSPS) is 10.3. The molecule has 1 heterocycles. The number of aromatic nitrogens is 2. The second-order valence-electron chi connectivity index (χ2n) is 4.45. The highest BCUT2D eigenvalue weighted by molar-refractivity contribution is 6.08. The molecule has 19 heavy (non-hydrogen) atoms. The Morgan fingerprint density at radius 2 is 2.05 bits per heavy atom. The van der Waals surface area contributed by atoms with Gasteiger partial charge in [-0.1, -0.05) is 6.07 Å². The first kappa shape index (κ1) is 13.1. The van der Waals surface area contributed by atoms with E-state index in [0.29, 0.717) is 16.9 Å². The molecule has 0 aliphatic heterocycles. The van der Waals surface area contributed by atoms with E-state index in [1.165, 1.54) is 0 Å². The zero-order valence-corrected chi connectivity index (χ0v) is 11.2. The van der Waals surface area contributed by atoms with Crippen LogP contribution >= 0.6 is 0 Å². The molecule has 0 spiro atoms. The largest absolute Gasteiger partial charge is 0.323 e. The minimum absolute atomic E-state index is 0.218. The van der Waals surface area contributed by atoms with Crippen molar-refractivity contribution in [3.63, 3.8) is 0 Å². The highest BCUT2D eigenvalue weighted by Crippen LogP contribution is 2.19. The third-order valence-electron chi connectivity index (χ3n) is 2.84. The monoisotopic (exact) mass is 259 g/mol. The minimum Gasteiger partial charge on any atom is -0.323 e. The zero-order chi connectivity index (χ0) is 14.0. The number of hydrogen-bond donors (Lipinski definition) is 3. The molecule has 0 saturated carbocycles. The van der Waals surface area contributed by atoms with E-state index in [1.807, 2.05) is 26.0 Å². The molecule has 6 nitrogen and oxygen atoms in total. The van der Waals surface area contributed by atoms with Crippen molar-refractivity contribution in [1.29, 1.82) is 0 Å². The summed E-state index contributed by atoms with van der Waals surface area (Å²) in [6, 6.07) is 5.43. The molecule has 1 amide bonds. The van der Waals surface area contributed by atoms with Gasteiger partial charge in [0.2, 0.25) is 0 Å². The van der Waals surface area contributed by atoms with Crippen LogP contribution in [0.5, 0.6) is 0 Å². The van der Waals surface area contributed by atoms with Gasteiger partial charge in [-0.25, -0.2) is 0 Å². The second-order valence-corrected chi connectivity index (χ2v) is 4.45. The summed E-state index contributed by atoms with van der Waals surface area (Å²) in [5.41, 5.74) is 6.12. The number of nitrogens with one attached hydrogen (secondary N) is 2. The number of nitrogens with zero attached hydrogens (tertiary/aromatic N) is 2. The molecule has 2 aromatic rings. The van der Waals surface area contributed by atoms with Crippen LogP contribution in [0.2, 0.25) is 0 Å². The first-order valence-corrected chi connectivity index (χ1v) is 5.90. The van der Waals surface area contributed by atoms with Gasteiger partial charge in [-0.15, -0.1) is 0 Å². The van der Waals surface area contributed by atoms with Crippen LogP contribution in [-0.2, 0) is 7.05 Å². The summed E-state index contributed by atoms with van der Waals surface area (Å²) < 4.78 is 1.65. The van der Waals surface area contributed by atoms with E-state index in [0.717, 1.165) is 11.3 Å². The van der Waals surface area contributed by atoms with E-state index < -0.39 is 0 Å². The Kier molecular flexibility index (Phi) is 3.52. The third-order valence-corrected chi connectivity index (χ3v) is 2.84. The number of rotatable bonds is 3. The molecule has 2 rings (SSSR count). The average Bonchev–Trinajstić information content (AvgIpc) is 2.67. The predicted octanol–water partition coefficient (Wildman–Crippen LogP) is 1.57. The number of amides is 1. The van der Waals surface area contributed by atoms with Crippen molar-refractivity contribution < 1.29 is 4.79 Å². The fourth-order valence-corrected chi connectivity index (χ4v) is 1.89. The smallest absolute Gasteiger partial charge is 0.257 e.